The third kappa shape index (κ3) is 1.95. The van der Waals surface area contributed by atoms with E-state index in [1.54, 1.807) is 6.07 Å². The Hall–Kier alpha value is -0.630. The van der Waals surface area contributed by atoms with Crippen molar-refractivity contribution >= 4 is 31.6 Å². The molecule has 0 radical (unpaired) electrons. The Morgan fingerprint density at radius 1 is 1.44 bits per heavy atom. The third-order valence-corrected chi connectivity index (χ3v) is 4.98. The lowest BCUT2D eigenvalue weighted by atomic mass is 10.2. The Balaban J connectivity index is 2.33. The summed E-state index contributed by atoms with van der Waals surface area (Å²) in [6.07, 6.45) is -0.553. The molecule has 16 heavy (non-hydrogen) atoms. The first-order valence-corrected chi connectivity index (χ1v) is 6.88. The summed E-state index contributed by atoms with van der Waals surface area (Å²) in [7, 11) is -3.50. The van der Waals surface area contributed by atoms with Gasteiger partial charge in [-0.05, 0) is 34.1 Å². The maximum Gasteiger partial charge on any atom is 0.243 e. The lowest BCUT2D eigenvalue weighted by Gasteiger charge is -2.34. The second kappa shape index (κ2) is 3.99. The van der Waals surface area contributed by atoms with Crippen LogP contribution in [-0.2, 0) is 10.0 Å². The molecule has 1 aromatic carbocycles. The van der Waals surface area contributed by atoms with Crippen molar-refractivity contribution < 1.29 is 13.5 Å². The molecule has 1 aliphatic heterocycles. The van der Waals surface area contributed by atoms with Crippen LogP contribution < -0.4 is 5.73 Å². The molecule has 5 nitrogen and oxygen atoms in total. The molecule has 0 unspecified atom stereocenters. The number of hydrogen-bond acceptors (Lipinski definition) is 4. The molecule has 0 atom stereocenters. The molecule has 0 saturated carbocycles. The van der Waals surface area contributed by atoms with E-state index in [2.05, 4.69) is 15.9 Å². The molecule has 88 valence electrons. The molecule has 3 N–H and O–H groups in total. The van der Waals surface area contributed by atoms with E-state index in [0.29, 0.717) is 10.2 Å². The molecule has 1 saturated heterocycles. The number of β-amino-alcohol motifs (C(OH)–C–C–N with tert-alkyl or cyclic N) is 1. The number of halogens is 1. The highest BCUT2D eigenvalue weighted by atomic mass is 79.9. The number of aliphatic hydroxyl groups is 1. The minimum Gasteiger partial charge on any atom is -0.398 e. The Morgan fingerprint density at radius 3 is 2.56 bits per heavy atom. The number of aliphatic hydroxyl groups excluding tert-OH is 1. The van der Waals surface area contributed by atoms with Crippen LogP contribution in [0.2, 0.25) is 0 Å². The van der Waals surface area contributed by atoms with Crippen LogP contribution in [0.1, 0.15) is 0 Å². The van der Waals surface area contributed by atoms with Crippen LogP contribution in [0.25, 0.3) is 0 Å². The standard InChI is InChI=1S/C9H11BrN2O3S/c10-8-2-1-7(3-9(8)11)16(14,15)12-4-6(13)5-12/h1-3,6,13H,4-5,11H2. The van der Waals surface area contributed by atoms with Gasteiger partial charge in [-0.3, -0.25) is 0 Å². The fourth-order valence-electron chi connectivity index (χ4n) is 1.44. The first-order valence-electron chi connectivity index (χ1n) is 4.64. The van der Waals surface area contributed by atoms with Gasteiger partial charge in [-0.2, -0.15) is 4.31 Å². The molecule has 0 spiro atoms. The van der Waals surface area contributed by atoms with Gasteiger partial charge in [0, 0.05) is 23.2 Å². The first kappa shape index (κ1) is 11.8. The molecule has 0 aliphatic carbocycles. The fourth-order valence-corrected chi connectivity index (χ4v) is 3.24. The Kier molecular flexibility index (Phi) is 2.95. The van der Waals surface area contributed by atoms with E-state index < -0.39 is 16.1 Å². The molecule has 0 bridgehead atoms. The van der Waals surface area contributed by atoms with Crippen molar-refractivity contribution in [2.45, 2.75) is 11.0 Å². The smallest absolute Gasteiger partial charge is 0.243 e. The number of benzene rings is 1. The van der Waals surface area contributed by atoms with Gasteiger partial charge in [-0.25, -0.2) is 8.42 Å². The number of anilines is 1. The summed E-state index contributed by atoms with van der Waals surface area (Å²) >= 11 is 3.20. The van der Waals surface area contributed by atoms with Gasteiger partial charge in [0.05, 0.1) is 11.0 Å². The van der Waals surface area contributed by atoms with Crippen molar-refractivity contribution in [3.8, 4) is 0 Å². The summed E-state index contributed by atoms with van der Waals surface area (Å²) in [5.41, 5.74) is 6.00. The summed E-state index contributed by atoms with van der Waals surface area (Å²) in [5.74, 6) is 0. The van der Waals surface area contributed by atoms with Crippen molar-refractivity contribution in [3.05, 3.63) is 22.7 Å². The van der Waals surface area contributed by atoms with Crippen molar-refractivity contribution in [3.63, 3.8) is 0 Å². The molecule has 2 rings (SSSR count). The normalized spacial score (nSPS) is 18.4. The number of nitrogens with zero attached hydrogens (tertiary/aromatic N) is 1. The largest absolute Gasteiger partial charge is 0.398 e. The van der Waals surface area contributed by atoms with Crippen LogP contribution in [0.3, 0.4) is 0 Å². The van der Waals surface area contributed by atoms with Gasteiger partial charge < -0.3 is 10.8 Å². The van der Waals surface area contributed by atoms with E-state index in [0.717, 1.165) is 0 Å². The number of nitrogen functional groups attached to an aromatic ring is 1. The SMILES string of the molecule is Nc1cc(S(=O)(=O)N2CC(O)C2)ccc1Br. The first-order chi connectivity index (χ1) is 7.41. The summed E-state index contributed by atoms with van der Waals surface area (Å²) in [5, 5.41) is 9.09. The molecular weight excluding hydrogens is 296 g/mol. The predicted molar refractivity (Wildman–Crippen MR) is 63.3 cm³/mol. The topological polar surface area (TPSA) is 83.6 Å². The number of hydrogen-bond donors (Lipinski definition) is 2. The van der Waals surface area contributed by atoms with Crippen LogP contribution in [0, 0.1) is 0 Å². The fraction of sp³-hybridized carbons (Fsp3) is 0.333. The summed E-state index contributed by atoms with van der Waals surface area (Å²) in [6, 6.07) is 4.49. The molecule has 7 heteroatoms. The van der Waals surface area contributed by atoms with Gasteiger partial charge in [0.1, 0.15) is 0 Å². The van der Waals surface area contributed by atoms with Gasteiger partial charge in [-0.1, -0.05) is 0 Å². The Morgan fingerprint density at radius 2 is 2.06 bits per heavy atom. The van der Waals surface area contributed by atoms with Crippen LogP contribution in [0.15, 0.2) is 27.6 Å². The summed E-state index contributed by atoms with van der Waals surface area (Å²) in [6.45, 7) is 0.302. The lowest BCUT2D eigenvalue weighted by Crippen LogP contribution is -2.53. The van der Waals surface area contributed by atoms with E-state index in [4.69, 9.17) is 10.8 Å². The highest BCUT2D eigenvalue weighted by Gasteiger charge is 2.35. The summed E-state index contributed by atoms with van der Waals surface area (Å²) in [4.78, 5) is 0.153. The quantitative estimate of drug-likeness (QED) is 0.775. The maximum absolute atomic E-state index is 12.0. The second-order valence-corrected chi connectivity index (χ2v) is 6.45. The Bertz CT molecular complexity index is 511. The monoisotopic (exact) mass is 306 g/mol. The van der Waals surface area contributed by atoms with Crippen LogP contribution in [0.4, 0.5) is 5.69 Å². The highest BCUT2D eigenvalue weighted by molar-refractivity contribution is 9.10. The average molecular weight is 307 g/mol. The van der Waals surface area contributed by atoms with Crippen molar-refractivity contribution in [2.75, 3.05) is 18.8 Å². The van der Waals surface area contributed by atoms with E-state index in [-0.39, 0.29) is 18.0 Å². The van der Waals surface area contributed by atoms with Gasteiger partial charge in [0.2, 0.25) is 10.0 Å². The summed E-state index contributed by atoms with van der Waals surface area (Å²) < 4.78 is 25.8. The molecule has 1 fully saturated rings. The minimum atomic E-state index is -3.50. The lowest BCUT2D eigenvalue weighted by molar-refractivity contribution is 0.0548. The third-order valence-electron chi connectivity index (χ3n) is 2.43. The molecule has 1 aromatic rings. The van der Waals surface area contributed by atoms with Crippen LogP contribution in [-0.4, -0.2) is 37.0 Å². The average Bonchev–Trinajstić information content (AvgIpc) is 2.17. The van der Waals surface area contributed by atoms with E-state index in [1.807, 2.05) is 0 Å². The predicted octanol–water partition coefficient (Wildman–Crippen LogP) is 0.396. The molecule has 1 aliphatic rings. The molecule has 0 aromatic heterocycles. The molecule has 1 heterocycles. The highest BCUT2D eigenvalue weighted by Crippen LogP contribution is 2.26. The molecular formula is C9H11BrN2O3S. The minimum absolute atomic E-state index is 0.151. The van der Waals surface area contributed by atoms with E-state index in [9.17, 15) is 8.42 Å². The molecule has 0 amide bonds. The number of nitrogens with two attached hydrogens (primary N) is 1. The maximum atomic E-state index is 12.0. The number of sulfonamides is 1. The van der Waals surface area contributed by atoms with Crippen molar-refractivity contribution in [2.24, 2.45) is 0 Å². The van der Waals surface area contributed by atoms with E-state index in [1.165, 1.54) is 16.4 Å². The second-order valence-electron chi connectivity index (χ2n) is 3.66. The van der Waals surface area contributed by atoms with Crippen LogP contribution in [0.5, 0.6) is 0 Å². The Labute approximate surface area is 102 Å². The van der Waals surface area contributed by atoms with Gasteiger partial charge in [-0.15, -0.1) is 0 Å². The zero-order chi connectivity index (χ0) is 11.9. The van der Waals surface area contributed by atoms with Gasteiger partial charge >= 0.3 is 0 Å². The van der Waals surface area contributed by atoms with Gasteiger partial charge in [0.15, 0.2) is 0 Å². The zero-order valence-corrected chi connectivity index (χ0v) is 10.7. The van der Waals surface area contributed by atoms with E-state index >= 15 is 0 Å². The van der Waals surface area contributed by atoms with Crippen molar-refractivity contribution in [1.82, 2.24) is 4.31 Å². The van der Waals surface area contributed by atoms with Crippen molar-refractivity contribution in [1.29, 1.82) is 0 Å². The number of rotatable bonds is 2. The van der Waals surface area contributed by atoms with Crippen LogP contribution >= 0.6 is 15.9 Å². The zero-order valence-electron chi connectivity index (χ0n) is 8.30. The van der Waals surface area contributed by atoms with Gasteiger partial charge in [0.25, 0.3) is 0 Å².